The average Bonchev–Trinajstić information content (AvgIpc) is 2.70. The van der Waals surface area contributed by atoms with Gasteiger partial charge in [0.1, 0.15) is 0 Å². The van der Waals surface area contributed by atoms with Gasteiger partial charge in [-0.15, -0.1) is 0 Å². The first-order chi connectivity index (χ1) is 6.36. The minimum absolute atomic E-state index is 0.332. The highest BCUT2D eigenvalue weighted by atomic mass is 16.7. The highest BCUT2D eigenvalue weighted by Gasteiger charge is 2.18. The van der Waals surface area contributed by atoms with Crippen molar-refractivity contribution in [1.82, 2.24) is 4.98 Å². The van der Waals surface area contributed by atoms with Crippen LogP contribution >= 0.6 is 0 Å². The molecule has 0 bridgehead atoms. The Morgan fingerprint density at radius 3 is 3.15 bits per heavy atom. The molecule has 2 aromatic rings. The number of aromatic amines is 1. The second-order valence-corrected chi connectivity index (χ2v) is 3.19. The molecule has 1 aliphatic heterocycles. The van der Waals surface area contributed by atoms with Gasteiger partial charge in [-0.05, 0) is 24.6 Å². The van der Waals surface area contributed by atoms with Gasteiger partial charge in [-0.3, -0.25) is 0 Å². The Kier molecular flexibility index (Phi) is 1.15. The van der Waals surface area contributed by atoms with E-state index in [-0.39, 0.29) is 0 Å². The van der Waals surface area contributed by atoms with Gasteiger partial charge in [-0.2, -0.15) is 0 Å². The van der Waals surface area contributed by atoms with E-state index in [9.17, 15) is 0 Å². The van der Waals surface area contributed by atoms with Gasteiger partial charge in [-0.1, -0.05) is 0 Å². The number of hydrogen-bond acceptors (Lipinski definition) is 2. The third-order valence-electron chi connectivity index (χ3n) is 2.38. The van der Waals surface area contributed by atoms with Gasteiger partial charge in [0.2, 0.25) is 6.79 Å². The molecular weight excluding hydrogens is 166 g/mol. The van der Waals surface area contributed by atoms with Crippen molar-refractivity contribution in [2.24, 2.45) is 0 Å². The molecule has 66 valence electrons. The van der Waals surface area contributed by atoms with Crippen molar-refractivity contribution in [3.63, 3.8) is 0 Å². The molecule has 3 rings (SSSR count). The van der Waals surface area contributed by atoms with E-state index in [1.165, 1.54) is 5.56 Å². The van der Waals surface area contributed by atoms with Crippen LogP contribution in [0.5, 0.6) is 11.5 Å². The van der Waals surface area contributed by atoms with Crippen molar-refractivity contribution in [3.8, 4) is 11.5 Å². The molecule has 0 radical (unpaired) electrons. The summed E-state index contributed by atoms with van der Waals surface area (Å²) in [6, 6.07) is 3.94. The van der Waals surface area contributed by atoms with Crippen LogP contribution in [-0.4, -0.2) is 11.8 Å². The van der Waals surface area contributed by atoms with E-state index in [1.807, 2.05) is 18.3 Å². The number of rotatable bonds is 0. The van der Waals surface area contributed by atoms with Crippen LogP contribution in [0.25, 0.3) is 10.9 Å². The third-order valence-corrected chi connectivity index (χ3v) is 2.38. The van der Waals surface area contributed by atoms with Gasteiger partial charge in [0.05, 0.1) is 0 Å². The molecule has 0 amide bonds. The minimum Gasteiger partial charge on any atom is -0.454 e. The zero-order valence-electron chi connectivity index (χ0n) is 7.26. The number of aromatic nitrogens is 1. The van der Waals surface area contributed by atoms with Crippen molar-refractivity contribution < 1.29 is 9.47 Å². The smallest absolute Gasteiger partial charge is 0.231 e. The summed E-state index contributed by atoms with van der Waals surface area (Å²) in [5.74, 6) is 1.71. The quantitative estimate of drug-likeness (QED) is 0.666. The van der Waals surface area contributed by atoms with E-state index >= 15 is 0 Å². The Hall–Kier alpha value is -1.64. The minimum atomic E-state index is 0.332. The molecule has 1 aliphatic rings. The van der Waals surface area contributed by atoms with Gasteiger partial charge in [-0.25, -0.2) is 0 Å². The number of H-pyrrole nitrogens is 1. The lowest BCUT2D eigenvalue weighted by molar-refractivity contribution is 0.175. The monoisotopic (exact) mass is 175 g/mol. The van der Waals surface area contributed by atoms with Gasteiger partial charge < -0.3 is 14.5 Å². The summed E-state index contributed by atoms with van der Waals surface area (Å²) in [7, 11) is 0. The van der Waals surface area contributed by atoms with Crippen LogP contribution in [0.3, 0.4) is 0 Å². The lowest BCUT2D eigenvalue weighted by Crippen LogP contribution is -1.93. The second-order valence-electron chi connectivity index (χ2n) is 3.19. The highest BCUT2D eigenvalue weighted by molar-refractivity contribution is 5.91. The van der Waals surface area contributed by atoms with Crippen LogP contribution in [0.15, 0.2) is 18.3 Å². The van der Waals surface area contributed by atoms with Crippen molar-refractivity contribution in [2.45, 2.75) is 6.92 Å². The molecule has 1 aromatic carbocycles. The zero-order valence-corrected chi connectivity index (χ0v) is 7.26. The summed E-state index contributed by atoms with van der Waals surface area (Å²) in [5, 5.41) is 1.13. The van der Waals surface area contributed by atoms with Crippen molar-refractivity contribution >= 4 is 10.9 Å². The Morgan fingerprint density at radius 1 is 1.31 bits per heavy atom. The second kappa shape index (κ2) is 2.19. The lowest BCUT2D eigenvalue weighted by Gasteiger charge is -1.98. The van der Waals surface area contributed by atoms with E-state index in [4.69, 9.17) is 9.47 Å². The SMILES string of the molecule is Cc1c[nH]c2ccc3c(c12)OCO3. The highest BCUT2D eigenvalue weighted by Crippen LogP contribution is 2.40. The maximum Gasteiger partial charge on any atom is 0.231 e. The van der Waals surface area contributed by atoms with Crippen LogP contribution in [0, 0.1) is 6.92 Å². The largest absolute Gasteiger partial charge is 0.454 e. The van der Waals surface area contributed by atoms with Gasteiger partial charge in [0.15, 0.2) is 11.5 Å². The predicted octanol–water partition coefficient (Wildman–Crippen LogP) is 2.21. The molecule has 0 unspecified atom stereocenters. The summed E-state index contributed by atoms with van der Waals surface area (Å²) in [5.41, 5.74) is 2.29. The number of aryl methyl sites for hydroxylation is 1. The molecule has 1 aromatic heterocycles. The van der Waals surface area contributed by atoms with Crippen molar-refractivity contribution in [3.05, 3.63) is 23.9 Å². The maximum absolute atomic E-state index is 5.41. The number of benzene rings is 1. The third kappa shape index (κ3) is 0.786. The molecular formula is C10H9NO2. The molecule has 13 heavy (non-hydrogen) atoms. The summed E-state index contributed by atoms with van der Waals surface area (Å²) in [4.78, 5) is 3.18. The standard InChI is InChI=1S/C10H9NO2/c1-6-4-11-7-2-3-8-10(9(6)7)13-5-12-8/h2-4,11H,5H2,1H3. The first-order valence-electron chi connectivity index (χ1n) is 4.22. The molecule has 2 heterocycles. The van der Waals surface area contributed by atoms with Crippen LogP contribution in [0.4, 0.5) is 0 Å². The average molecular weight is 175 g/mol. The number of ether oxygens (including phenoxy) is 2. The van der Waals surface area contributed by atoms with Crippen LogP contribution < -0.4 is 9.47 Å². The summed E-state index contributed by atoms with van der Waals surface area (Å²) < 4.78 is 10.7. The Morgan fingerprint density at radius 2 is 2.23 bits per heavy atom. The summed E-state index contributed by atoms with van der Waals surface area (Å²) in [6.07, 6.45) is 1.98. The van der Waals surface area contributed by atoms with Crippen LogP contribution in [0.2, 0.25) is 0 Å². The Bertz CT molecular complexity index is 473. The molecule has 3 nitrogen and oxygen atoms in total. The molecule has 0 aliphatic carbocycles. The Balaban J connectivity index is 2.47. The maximum atomic E-state index is 5.41. The van der Waals surface area contributed by atoms with E-state index in [0.29, 0.717) is 6.79 Å². The predicted molar refractivity (Wildman–Crippen MR) is 49.2 cm³/mol. The molecule has 3 heteroatoms. The first-order valence-corrected chi connectivity index (χ1v) is 4.22. The molecule has 0 spiro atoms. The number of nitrogens with one attached hydrogen (secondary N) is 1. The van der Waals surface area contributed by atoms with E-state index in [2.05, 4.69) is 11.9 Å². The first kappa shape index (κ1) is 6.83. The summed E-state index contributed by atoms with van der Waals surface area (Å²) in [6.45, 7) is 2.39. The summed E-state index contributed by atoms with van der Waals surface area (Å²) >= 11 is 0. The fourth-order valence-electron chi connectivity index (χ4n) is 1.74. The normalized spacial score (nSPS) is 13.9. The van der Waals surface area contributed by atoms with Gasteiger partial charge in [0.25, 0.3) is 0 Å². The van der Waals surface area contributed by atoms with Crippen LogP contribution in [0.1, 0.15) is 5.56 Å². The lowest BCUT2D eigenvalue weighted by atomic mass is 10.1. The Labute approximate surface area is 75.3 Å². The van der Waals surface area contributed by atoms with E-state index in [0.717, 1.165) is 22.4 Å². The number of hydrogen-bond donors (Lipinski definition) is 1. The zero-order chi connectivity index (χ0) is 8.84. The van der Waals surface area contributed by atoms with Crippen LogP contribution in [-0.2, 0) is 0 Å². The fourth-order valence-corrected chi connectivity index (χ4v) is 1.74. The van der Waals surface area contributed by atoms with Gasteiger partial charge in [0, 0.05) is 17.1 Å². The molecule has 0 fully saturated rings. The van der Waals surface area contributed by atoms with Crippen molar-refractivity contribution in [2.75, 3.05) is 6.79 Å². The molecule has 0 atom stereocenters. The fraction of sp³-hybridized carbons (Fsp3) is 0.200. The van der Waals surface area contributed by atoms with Crippen molar-refractivity contribution in [1.29, 1.82) is 0 Å². The molecule has 0 saturated heterocycles. The molecule has 1 N–H and O–H groups in total. The van der Waals surface area contributed by atoms with Gasteiger partial charge >= 0.3 is 0 Å². The van der Waals surface area contributed by atoms with E-state index < -0.39 is 0 Å². The van der Waals surface area contributed by atoms with E-state index in [1.54, 1.807) is 0 Å². The topological polar surface area (TPSA) is 34.2 Å². The number of fused-ring (bicyclic) bond motifs is 3. The molecule has 0 saturated carbocycles.